The summed E-state index contributed by atoms with van der Waals surface area (Å²) in [6.07, 6.45) is 0.843. The molecule has 7 nitrogen and oxygen atoms in total. The molecule has 3 N–H and O–H groups in total. The molecular weight excluding hydrogens is 456 g/mol. The molecule has 0 saturated carbocycles. The zero-order chi connectivity index (χ0) is 23.4. The summed E-state index contributed by atoms with van der Waals surface area (Å²) in [6.45, 7) is 2.53. The quantitative estimate of drug-likeness (QED) is 0.370. The fourth-order valence-electron chi connectivity index (χ4n) is 3.45. The van der Waals surface area contributed by atoms with Crippen LogP contribution >= 0.6 is 11.8 Å². The number of sulfonamides is 1. The Hall–Kier alpha value is -3.14. The molecule has 170 valence electrons. The third-order valence-electron chi connectivity index (χ3n) is 5.17. The molecule has 1 heterocycles. The monoisotopic (exact) mass is 480 g/mol. The molecule has 0 aliphatic rings. The van der Waals surface area contributed by atoms with Gasteiger partial charge in [-0.2, -0.15) is 0 Å². The highest BCUT2D eigenvalue weighted by molar-refractivity contribution is 8.00. The summed E-state index contributed by atoms with van der Waals surface area (Å²) in [5, 5.41) is 8.25. The first kappa shape index (κ1) is 23.0. The smallest absolute Gasteiger partial charge is 0.238 e. The minimum Gasteiger partial charge on any atom is -0.325 e. The molecule has 1 aromatic heterocycles. The molecule has 4 aromatic rings. The summed E-state index contributed by atoms with van der Waals surface area (Å²) >= 11 is 1.37. The summed E-state index contributed by atoms with van der Waals surface area (Å²) < 4.78 is 25.3. The number of nitrogens with two attached hydrogens (primary N) is 1. The number of carbonyl (C=O) groups excluding carboxylic acids is 1. The standard InChI is InChI=1S/C24H24N4O3S2/c1-17(23(29)26-19-10-7-11-20(16-19)33(25,30)31)32-24-27-21-12-5-6-13-22(21)28(24)15-14-18-8-3-2-4-9-18/h2-13,16-17H,14-15H2,1H3,(H,26,29)(H2,25,30,31). The van der Waals surface area contributed by atoms with Crippen molar-refractivity contribution in [3.05, 3.63) is 84.4 Å². The molecule has 0 radical (unpaired) electrons. The number of thioether (sulfide) groups is 1. The van der Waals surface area contributed by atoms with E-state index in [1.54, 1.807) is 13.0 Å². The van der Waals surface area contributed by atoms with Crippen molar-refractivity contribution in [2.45, 2.75) is 35.2 Å². The normalized spacial score (nSPS) is 12.5. The Kier molecular flexibility index (Phi) is 6.83. The third kappa shape index (κ3) is 5.62. The van der Waals surface area contributed by atoms with E-state index in [-0.39, 0.29) is 10.8 Å². The predicted octanol–water partition coefficient (Wildman–Crippen LogP) is 4.05. The molecule has 4 rings (SSSR count). The molecule has 0 fully saturated rings. The van der Waals surface area contributed by atoms with Gasteiger partial charge in [0.15, 0.2) is 5.16 Å². The highest BCUT2D eigenvalue weighted by atomic mass is 32.2. The summed E-state index contributed by atoms with van der Waals surface area (Å²) in [5.74, 6) is -0.256. The van der Waals surface area contributed by atoms with Crippen molar-refractivity contribution in [2.75, 3.05) is 5.32 Å². The third-order valence-corrected chi connectivity index (χ3v) is 7.17. The van der Waals surface area contributed by atoms with E-state index >= 15 is 0 Å². The molecule has 0 aliphatic carbocycles. The van der Waals surface area contributed by atoms with Crippen molar-refractivity contribution < 1.29 is 13.2 Å². The number of aromatic nitrogens is 2. The molecular formula is C24H24N4O3S2. The first-order chi connectivity index (χ1) is 15.8. The van der Waals surface area contributed by atoms with Crippen molar-refractivity contribution in [1.29, 1.82) is 0 Å². The Bertz CT molecular complexity index is 1390. The topological polar surface area (TPSA) is 107 Å². The maximum atomic E-state index is 12.8. The number of carbonyl (C=O) groups is 1. The highest BCUT2D eigenvalue weighted by Gasteiger charge is 2.20. The van der Waals surface area contributed by atoms with Crippen molar-refractivity contribution in [3.63, 3.8) is 0 Å². The second-order valence-corrected chi connectivity index (χ2v) is 10.5. The lowest BCUT2D eigenvalue weighted by Gasteiger charge is -2.14. The van der Waals surface area contributed by atoms with Crippen molar-refractivity contribution >= 4 is 44.4 Å². The summed E-state index contributed by atoms with van der Waals surface area (Å²) in [4.78, 5) is 17.5. The van der Waals surface area contributed by atoms with E-state index in [0.29, 0.717) is 5.69 Å². The first-order valence-corrected chi connectivity index (χ1v) is 12.8. The van der Waals surface area contributed by atoms with E-state index in [1.165, 1.54) is 35.5 Å². The van der Waals surface area contributed by atoms with Gasteiger partial charge in [-0.15, -0.1) is 0 Å². The number of imidazole rings is 1. The molecule has 1 atom stereocenters. The number of fused-ring (bicyclic) bond motifs is 1. The molecule has 3 aromatic carbocycles. The van der Waals surface area contributed by atoms with Gasteiger partial charge in [0, 0.05) is 12.2 Å². The molecule has 0 bridgehead atoms. The molecule has 0 aliphatic heterocycles. The van der Waals surface area contributed by atoms with E-state index in [0.717, 1.165) is 29.2 Å². The second-order valence-electron chi connectivity index (χ2n) is 7.59. The number of amides is 1. The van der Waals surface area contributed by atoms with Crippen molar-refractivity contribution in [2.24, 2.45) is 5.14 Å². The lowest BCUT2D eigenvalue weighted by atomic mass is 10.1. The van der Waals surface area contributed by atoms with Crippen LogP contribution in [-0.2, 0) is 27.8 Å². The maximum Gasteiger partial charge on any atom is 0.238 e. The van der Waals surface area contributed by atoms with Crippen LogP contribution in [0.5, 0.6) is 0 Å². The zero-order valence-corrected chi connectivity index (χ0v) is 19.6. The first-order valence-electron chi connectivity index (χ1n) is 10.4. The number of primary sulfonamides is 1. The van der Waals surface area contributed by atoms with E-state index in [9.17, 15) is 13.2 Å². The van der Waals surface area contributed by atoms with Gasteiger partial charge in [0.05, 0.1) is 21.2 Å². The molecule has 9 heteroatoms. The molecule has 1 unspecified atom stereocenters. The predicted molar refractivity (Wildman–Crippen MR) is 132 cm³/mol. The number of hydrogen-bond acceptors (Lipinski definition) is 5. The van der Waals surface area contributed by atoms with Gasteiger partial charge in [-0.3, -0.25) is 4.79 Å². The Morgan fingerprint density at radius 3 is 2.55 bits per heavy atom. The number of hydrogen-bond donors (Lipinski definition) is 2. The average Bonchev–Trinajstić information content (AvgIpc) is 3.14. The van der Waals surface area contributed by atoms with E-state index in [4.69, 9.17) is 10.1 Å². The lowest BCUT2D eigenvalue weighted by Crippen LogP contribution is -2.23. The van der Waals surface area contributed by atoms with Crippen LogP contribution in [0.25, 0.3) is 11.0 Å². The lowest BCUT2D eigenvalue weighted by molar-refractivity contribution is -0.115. The number of nitrogens with zero attached hydrogens (tertiary/aromatic N) is 2. The number of anilines is 1. The van der Waals surface area contributed by atoms with Gasteiger partial charge in [0.25, 0.3) is 0 Å². The molecule has 0 saturated heterocycles. The summed E-state index contributed by atoms with van der Waals surface area (Å²) in [6, 6.07) is 24.0. The van der Waals surface area contributed by atoms with Gasteiger partial charge >= 0.3 is 0 Å². The van der Waals surface area contributed by atoms with E-state index in [1.807, 2.05) is 42.5 Å². The van der Waals surface area contributed by atoms with E-state index in [2.05, 4.69) is 22.0 Å². The van der Waals surface area contributed by atoms with Crippen LogP contribution in [0.4, 0.5) is 5.69 Å². The maximum absolute atomic E-state index is 12.8. The van der Waals surface area contributed by atoms with Crippen LogP contribution in [-0.4, -0.2) is 29.1 Å². The van der Waals surface area contributed by atoms with Crippen LogP contribution in [0.2, 0.25) is 0 Å². The van der Waals surface area contributed by atoms with Gasteiger partial charge < -0.3 is 9.88 Å². The van der Waals surface area contributed by atoms with E-state index < -0.39 is 15.3 Å². The minimum absolute atomic E-state index is 0.0525. The molecule has 33 heavy (non-hydrogen) atoms. The molecule has 0 spiro atoms. The van der Waals surface area contributed by atoms with Gasteiger partial charge in [-0.1, -0.05) is 60.3 Å². The van der Waals surface area contributed by atoms with Crippen LogP contribution in [0.15, 0.2) is 88.9 Å². The van der Waals surface area contributed by atoms with Crippen LogP contribution in [0.3, 0.4) is 0 Å². The van der Waals surface area contributed by atoms with Gasteiger partial charge in [0.2, 0.25) is 15.9 Å². The Labute approximate surface area is 197 Å². The Morgan fingerprint density at radius 1 is 1.06 bits per heavy atom. The largest absolute Gasteiger partial charge is 0.325 e. The zero-order valence-electron chi connectivity index (χ0n) is 18.0. The SMILES string of the molecule is CC(Sc1nc2ccccc2n1CCc1ccccc1)C(=O)Nc1cccc(S(N)(=O)=O)c1. The fraction of sp³-hybridized carbons (Fsp3) is 0.167. The number of benzene rings is 3. The second kappa shape index (κ2) is 9.78. The highest BCUT2D eigenvalue weighted by Crippen LogP contribution is 2.28. The Morgan fingerprint density at radius 2 is 1.79 bits per heavy atom. The van der Waals surface area contributed by atoms with Crippen LogP contribution in [0.1, 0.15) is 12.5 Å². The average molecular weight is 481 g/mol. The van der Waals surface area contributed by atoms with Crippen LogP contribution in [0, 0.1) is 0 Å². The number of rotatable bonds is 8. The van der Waals surface area contributed by atoms with Gasteiger partial charge in [0.1, 0.15) is 0 Å². The minimum atomic E-state index is -3.85. The fourth-order valence-corrected chi connectivity index (χ4v) is 4.96. The Balaban J connectivity index is 1.52. The summed E-state index contributed by atoms with van der Waals surface area (Å²) in [7, 11) is -3.85. The van der Waals surface area contributed by atoms with Crippen molar-refractivity contribution in [1.82, 2.24) is 9.55 Å². The van der Waals surface area contributed by atoms with Gasteiger partial charge in [-0.05, 0) is 49.2 Å². The van der Waals surface area contributed by atoms with Crippen LogP contribution < -0.4 is 10.5 Å². The number of nitrogens with one attached hydrogen (secondary N) is 1. The summed E-state index contributed by atoms with van der Waals surface area (Å²) in [5.41, 5.74) is 3.49. The molecule has 1 amide bonds. The number of para-hydroxylation sites is 2. The van der Waals surface area contributed by atoms with Crippen molar-refractivity contribution in [3.8, 4) is 0 Å². The van der Waals surface area contributed by atoms with Gasteiger partial charge in [-0.25, -0.2) is 18.5 Å². The number of aryl methyl sites for hydroxylation is 2.